The van der Waals surface area contributed by atoms with Crippen molar-refractivity contribution in [2.45, 2.75) is 26.4 Å². The Morgan fingerprint density at radius 2 is 2.31 bits per heavy atom. The Hall–Kier alpha value is -1.16. The van der Waals surface area contributed by atoms with E-state index in [1.807, 2.05) is 14.0 Å². The number of hydrogen-bond acceptors (Lipinski definition) is 3. The second-order valence-corrected chi connectivity index (χ2v) is 2.92. The maximum absolute atomic E-state index is 11.2. The van der Waals surface area contributed by atoms with Crippen LogP contribution < -0.4 is 10.9 Å². The van der Waals surface area contributed by atoms with Crippen LogP contribution in [0.15, 0.2) is 16.9 Å². The normalized spacial score (nSPS) is 10.3. The Morgan fingerprint density at radius 1 is 1.54 bits per heavy atom. The fourth-order valence-electron chi connectivity index (χ4n) is 1.14. The van der Waals surface area contributed by atoms with E-state index in [-0.39, 0.29) is 5.56 Å². The predicted molar refractivity (Wildman–Crippen MR) is 51.6 cm³/mol. The van der Waals surface area contributed by atoms with E-state index in [2.05, 4.69) is 10.4 Å². The summed E-state index contributed by atoms with van der Waals surface area (Å²) < 4.78 is 1.51. The smallest absolute Gasteiger partial charge is 0.266 e. The van der Waals surface area contributed by atoms with E-state index < -0.39 is 0 Å². The van der Waals surface area contributed by atoms with E-state index in [0.717, 1.165) is 12.1 Å². The number of hydrogen-bond donors (Lipinski definition) is 1. The summed E-state index contributed by atoms with van der Waals surface area (Å²) in [6.07, 6.45) is 0.927. The molecule has 0 aliphatic carbocycles. The predicted octanol–water partition coefficient (Wildman–Crippen LogP) is 0.373. The number of nitrogens with one attached hydrogen (secondary N) is 1. The van der Waals surface area contributed by atoms with Crippen LogP contribution >= 0.6 is 0 Å². The van der Waals surface area contributed by atoms with Crippen LogP contribution in [0.4, 0.5) is 0 Å². The fraction of sp³-hybridized carbons (Fsp3) is 0.556. The molecule has 0 aliphatic rings. The molecule has 1 N–H and O–H groups in total. The molecule has 1 heterocycles. The summed E-state index contributed by atoms with van der Waals surface area (Å²) in [5, 5.41) is 7.19. The molecule has 0 saturated heterocycles. The standard InChI is InChI=1S/C9H15N3O/c1-3-6-12-9(13)5-4-8(11-12)7-10-2/h4-5,10H,3,6-7H2,1-2H3. The zero-order chi connectivity index (χ0) is 9.68. The first kappa shape index (κ1) is 9.92. The SMILES string of the molecule is CCCn1nc(CNC)ccc1=O. The van der Waals surface area contributed by atoms with E-state index in [1.165, 1.54) is 4.68 Å². The van der Waals surface area contributed by atoms with Crippen molar-refractivity contribution in [3.05, 3.63) is 28.2 Å². The van der Waals surface area contributed by atoms with E-state index in [0.29, 0.717) is 13.1 Å². The van der Waals surface area contributed by atoms with E-state index >= 15 is 0 Å². The molecule has 0 saturated carbocycles. The Bertz CT molecular complexity index is 319. The van der Waals surface area contributed by atoms with Crippen molar-refractivity contribution in [2.24, 2.45) is 0 Å². The lowest BCUT2D eigenvalue weighted by Gasteiger charge is -2.04. The third-order valence-corrected chi connectivity index (χ3v) is 1.72. The second-order valence-electron chi connectivity index (χ2n) is 2.92. The number of rotatable bonds is 4. The molecule has 72 valence electrons. The Morgan fingerprint density at radius 3 is 2.92 bits per heavy atom. The highest BCUT2D eigenvalue weighted by atomic mass is 16.1. The Labute approximate surface area is 77.6 Å². The van der Waals surface area contributed by atoms with Crippen molar-refractivity contribution in [1.82, 2.24) is 15.1 Å². The zero-order valence-corrected chi connectivity index (χ0v) is 8.08. The van der Waals surface area contributed by atoms with Crippen LogP contribution in [0.3, 0.4) is 0 Å². The van der Waals surface area contributed by atoms with Gasteiger partial charge in [-0.25, -0.2) is 4.68 Å². The van der Waals surface area contributed by atoms with Gasteiger partial charge in [-0.2, -0.15) is 5.10 Å². The Balaban J connectivity index is 2.90. The van der Waals surface area contributed by atoms with Crippen LogP contribution in [0.5, 0.6) is 0 Å². The molecule has 0 spiro atoms. The lowest BCUT2D eigenvalue weighted by Crippen LogP contribution is -2.24. The van der Waals surface area contributed by atoms with Crippen LogP contribution in [-0.2, 0) is 13.1 Å². The molecular weight excluding hydrogens is 166 g/mol. The zero-order valence-electron chi connectivity index (χ0n) is 8.08. The quantitative estimate of drug-likeness (QED) is 0.730. The number of aromatic nitrogens is 2. The lowest BCUT2D eigenvalue weighted by molar-refractivity contribution is 0.549. The highest BCUT2D eigenvalue weighted by Gasteiger charge is 1.97. The van der Waals surface area contributed by atoms with Gasteiger partial charge in [0.15, 0.2) is 0 Å². The Kier molecular flexibility index (Phi) is 3.64. The summed E-state index contributed by atoms with van der Waals surface area (Å²) in [4.78, 5) is 11.2. The maximum Gasteiger partial charge on any atom is 0.266 e. The summed E-state index contributed by atoms with van der Waals surface area (Å²) in [5.74, 6) is 0. The number of aryl methyl sites for hydroxylation is 1. The van der Waals surface area contributed by atoms with Gasteiger partial charge in [0.25, 0.3) is 5.56 Å². The maximum atomic E-state index is 11.2. The molecule has 0 amide bonds. The van der Waals surface area contributed by atoms with Crippen LogP contribution in [0.1, 0.15) is 19.0 Å². The van der Waals surface area contributed by atoms with Gasteiger partial charge in [0, 0.05) is 19.2 Å². The first-order valence-electron chi connectivity index (χ1n) is 4.49. The van der Waals surface area contributed by atoms with Crippen molar-refractivity contribution >= 4 is 0 Å². The van der Waals surface area contributed by atoms with Crippen LogP contribution in [0.25, 0.3) is 0 Å². The molecular formula is C9H15N3O. The third kappa shape index (κ3) is 2.66. The average molecular weight is 181 g/mol. The molecule has 0 atom stereocenters. The number of nitrogens with zero attached hydrogens (tertiary/aromatic N) is 2. The minimum absolute atomic E-state index is 0.0262. The van der Waals surface area contributed by atoms with Gasteiger partial charge in [-0.05, 0) is 19.5 Å². The van der Waals surface area contributed by atoms with Crippen molar-refractivity contribution in [3.63, 3.8) is 0 Å². The van der Waals surface area contributed by atoms with Crippen LogP contribution in [0, 0.1) is 0 Å². The lowest BCUT2D eigenvalue weighted by atomic mass is 10.4. The van der Waals surface area contributed by atoms with Crippen LogP contribution in [-0.4, -0.2) is 16.8 Å². The van der Waals surface area contributed by atoms with Crippen molar-refractivity contribution in [3.8, 4) is 0 Å². The van der Waals surface area contributed by atoms with Crippen LogP contribution in [0.2, 0.25) is 0 Å². The summed E-state index contributed by atoms with van der Waals surface area (Å²) in [6, 6.07) is 3.32. The van der Waals surface area contributed by atoms with Gasteiger partial charge >= 0.3 is 0 Å². The minimum Gasteiger partial charge on any atom is -0.314 e. The molecule has 4 heteroatoms. The molecule has 0 aliphatic heterocycles. The molecule has 13 heavy (non-hydrogen) atoms. The second kappa shape index (κ2) is 4.77. The van der Waals surface area contributed by atoms with Crippen molar-refractivity contribution in [1.29, 1.82) is 0 Å². The van der Waals surface area contributed by atoms with E-state index in [9.17, 15) is 4.79 Å². The fourth-order valence-corrected chi connectivity index (χ4v) is 1.14. The van der Waals surface area contributed by atoms with Crippen molar-refractivity contribution < 1.29 is 0 Å². The van der Waals surface area contributed by atoms with Gasteiger partial charge in [0.05, 0.1) is 5.69 Å². The summed E-state index contributed by atoms with van der Waals surface area (Å²) in [7, 11) is 1.86. The van der Waals surface area contributed by atoms with E-state index in [4.69, 9.17) is 0 Å². The third-order valence-electron chi connectivity index (χ3n) is 1.72. The topological polar surface area (TPSA) is 46.9 Å². The molecule has 0 aromatic carbocycles. The van der Waals surface area contributed by atoms with Gasteiger partial charge in [0.1, 0.15) is 0 Å². The highest BCUT2D eigenvalue weighted by molar-refractivity contribution is 4.99. The van der Waals surface area contributed by atoms with E-state index in [1.54, 1.807) is 12.1 Å². The van der Waals surface area contributed by atoms with Gasteiger partial charge < -0.3 is 5.32 Å². The average Bonchev–Trinajstić information content (AvgIpc) is 2.12. The van der Waals surface area contributed by atoms with Gasteiger partial charge in [-0.3, -0.25) is 4.79 Å². The summed E-state index contributed by atoms with van der Waals surface area (Å²) in [6.45, 7) is 3.42. The van der Waals surface area contributed by atoms with Gasteiger partial charge in [-0.1, -0.05) is 6.92 Å². The van der Waals surface area contributed by atoms with Gasteiger partial charge in [0.2, 0.25) is 0 Å². The highest BCUT2D eigenvalue weighted by Crippen LogP contribution is 1.90. The summed E-state index contributed by atoms with van der Waals surface area (Å²) in [5.41, 5.74) is 0.872. The molecule has 1 aromatic rings. The molecule has 0 radical (unpaired) electrons. The molecule has 0 fully saturated rings. The molecule has 0 unspecified atom stereocenters. The molecule has 4 nitrogen and oxygen atoms in total. The minimum atomic E-state index is -0.0262. The van der Waals surface area contributed by atoms with Crippen molar-refractivity contribution in [2.75, 3.05) is 7.05 Å². The molecule has 0 bridgehead atoms. The molecule has 1 rings (SSSR count). The van der Waals surface area contributed by atoms with Gasteiger partial charge in [-0.15, -0.1) is 0 Å². The molecule has 1 aromatic heterocycles. The monoisotopic (exact) mass is 181 g/mol. The summed E-state index contributed by atoms with van der Waals surface area (Å²) >= 11 is 0. The largest absolute Gasteiger partial charge is 0.314 e. The first-order chi connectivity index (χ1) is 6.27. The first-order valence-corrected chi connectivity index (χ1v) is 4.49.